The van der Waals surface area contributed by atoms with Crippen LogP contribution >= 0.6 is 11.3 Å². The Balaban J connectivity index is 2.59. The first-order valence-electron chi connectivity index (χ1n) is 4.24. The normalized spacial score (nSPS) is 12.0. The van der Waals surface area contributed by atoms with Gasteiger partial charge in [-0.25, -0.2) is 4.98 Å². The summed E-state index contributed by atoms with van der Waals surface area (Å²) < 4.78 is 5.62. The Morgan fingerprint density at radius 3 is 2.46 bits per heavy atom. The van der Waals surface area contributed by atoms with Crippen molar-refractivity contribution in [1.29, 1.82) is 0 Å². The molecule has 0 fully saturated rings. The number of rotatable bonds is 2. The topological polar surface area (TPSA) is 48.1 Å². The molecule has 0 aliphatic heterocycles. The lowest BCUT2D eigenvalue weighted by Crippen LogP contribution is -2.18. The zero-order valence-electron chi connectivity index (χ0n) is 8.55. The van der Waals surface area contributed by atoms with Crippen LogP contribution in [0.4, 0.5) is 5.13 Å². The van der Waals surface area contributed by atoms with Crippen molar-refractivity contribution >= 4 is 16.5 Å². The molecule has 74 valence electrons. The molecule has 1 heterocycles. The second-order valence-electron chi connectivity index (χ2n) is 3.96. The molecule has 1 aromatic rings. The van der Waals surface area contributed by atoms with Crippen LogP contribution in [0.1, 0.15) is 31.3 Å². The SMILES string of the molecule is Cc1nc(N)sc1COC(C)(C)C. The van der Waals surface area contributed by atoms with E-state index in [-0.39, 0.29) is 5.60 Å². The molecule has 1 rings (SSSR count). The van der Waals surface area contributed by atoms with Gasteiger partial charge in [0.05, 0.1) is 22.8 Å². The van der Waals surface area contributed by atoms with Crippen LogP contribution in [0.2, 0.25) is 0 Å². The number of ether oxygens (including phenoxy) is 1. The minimum atomic E-state index is -0.106. The van der Waals surface area contributed by atoms with Gasteiger partial charge < -0.3 is 10.5 Å². The van der Waals surface area contributed by atoms with Crippen LogP contribution < -0.4 is 5.73 Å². The zero-order valence-corrected chi connectivity index (χ0v) is 9.36. The van der Waals surface area contributed by atoms with E-state index >= 15 is 0 Å². The van der Waals surface area contributed by atoms with Crippen molar-refractivity contribution in [3.8, 4) is 0 Å². The number of aryl methyl sites for hydroxylation is 1. The molecule has 0 aliphatic carbocycles. The number of anilines is 1. The molecule has 2 N–H and O–H groups in total. The van der Waals surface area contributed by atoms with Crippen molar-refractivity contribution < 1.29 is 4.74 Å². The van der Waals surface area contributed by atoms with Crippen LogP contribution in [0.3, 0.4) is 0 Å². The monoisotopic (exact) mass is 200 g/mol. The number of nitrogens with two attached hydrogens (primary N) is 1. The van der Waals surface area contributed by atoms with Crippen LogP contribution in [0.25, 0.3) is 0 Å². The van der Waals surface area contributed by atoms with Crippen LogP contribution in [0.5, 0.6) is 0 Å². The first-order chi connectivity index (χ1) is 5.88. The van der Waals surface area contributed by atoms with Crippen LogP contribution in [-0.4, -0.2) is 10.6 Å². The van der Waals surface area contributed by atoms with Gasteiger partial charge in [-0.3, -0.25) is 0 Å². The average molecular weight is 200 g/mol. The lowest BCUT2D eigenvalue weighted by Gasteiger charge is -2.18. The maximum Gasteiger partial charge on any atom is 0.180 e. The van der Waals surface area contributed by atoms with Gasteiger partial charge in [0.1, 0.15) is 0 Å². The summed E-state index contributed by atoms with van der Waals surface area (Å²) in [4.78, 5) is 5.25. The number of aromatic nitrogens is 1. The van der Waals surface area contributed by atoms with Crippen LogP contribution in [0, 0.1) is 6.92 Å². The molecule has 0 amide bonds. The Hall–Kier alpha value is -0.610. The predicted molar refractivity (Wildman–Crippen MR) is 55.8 cm³/mol. The van der Waals surface area contributed by atoms with E-state index in [4.69, 9.17) is 10.5 Å². The maximum atomic E-state index is 5.62. The molecule has 0 radical (unpaired) electrons. The van der Waals surface area contributed by atoms with Crippen molar-refractivity contribution in [1.82, 2.24) is 4.98 Å². The Kier molecular flexibility index (Phi) is 2.93. The summed E-state index contributed by atoms with van der Waals surface area (Å²) in [5.74, 6) is 0. The van der Waals surface area contributed by atoms with Gasteiger partial charge in [-0.1, -0.05) is 11.3 Å². The van der Waals surface area contributed by atoms with Crippen LogP contribution in [0.15, 0.2) is 0 Å². The third kappa shape index (κ3) is 3.32. The lowest BCUT2D eigenvalue weighted by molar-refractivity contribution is -0.0139. The third-order valence-corrected chi connectivity index (χ3v) is 2.51. The van der Waals surface area contributed by atoms with Gasteiger partial charge in [0, 0.05) is 0 Å². The molecule has 0 saturated heterocycles. The van der Waals surface area contributed by atoms with Crippen molar-refractivity contribution in [2.24, 2.45) is 0 Å². The first-order valence-corrected chi connectivity index (χ1v) is 5.06. The summed E-state index contributed by atoms with van der Waals surface area (Å²) in [6, 6.07) is 0. The summed E-state index contributed by atoms with van der Waals surface area (Å²) in [5.41, 5.74) is 6.44. The van der Waals surface area contributed by atoms with Gasteiger partial charge in [-0.05, 0) is 27.7 Å². The van der Waals surface area contributed by atoms with E-state index in [0.29, 0.717) is 11.7 Å². The number of nitrogens with zero attached hydrogens (tertiary/aromatic N) is 1. The third-order valence-electron chi connectivity index (χ3n) is 1.55. The van der Waals surface area contributed by atoms with E-state index in [2.05, 4.69) is 4.98 Å². The Morgan fingerprint density at radius 1 is 1.46 bits per heavy atom. The molecule has 4 heteroatoms. The smallest absolute Gasteiger partial charge is 0.180 e. The number of hydrogen-bond acceptors (Lipinski definition) is 4. The summed E-state index contributed by atoms with van der Waals surface area (Å²) in [6.07, 6.45) is 0. The Morgan fingerprint density at radius 2 is 2.08 bits per heavy atom. The molecular weight excluding hydrogens is 184 g/mol. The number of nitrogen functional groups attached to an aromatic ring is 1. The molecule has 0 atom stereocenters. The summed E-state index contributed by atoms with van der Waals surface area (Å²) >= 11 is 1.50. The highest BCUT2D eigenvalue weighted by Crippen LogP contribution is 2.22. The minimum Gasteiger partial charge on any atom is -0.375 e. The fourth-order valence-electron chi connectivity index (χ4n) is 0.867. The number of thiazole rings is 1. The molecular formula is C9H16N2OS. The minimum absolute atomic E-state index is 0.106. The summed E-state index contributed by atoms with van der Waals surface area (Å²) in [5, 5.41) is 0.616. The van der Waals surface area contributed by atoms with E-state index in [1.54, 1.807) is 0 Å². The summed E-state index contributed by atoms with van der Waals surface area (Å²) in [6.45, 7) is 8.66. The van der Waals surface area contributed by atoms with Crippen molar-refractivity contribution in [2.45, 2.75) is 39.9 Å². The standard InChI is InChI=1S/C9H16N2OS/c1-6-7(13-8(10)11-6)5-12-9(2,3)4/h5H2,1-4H3,(H2,10,11). The highest BCUT2D eigenvalue weighted by Gasteiger charge is 2.12. The Labute approximate surface area is 82.9 Å². The van der Waals surface area contributed by atoms with E-state index in [9.17, 15) is 0 Å². The van der Waals surface area contributed by atoms with Gasteiger partial charge in [-0.15, -0.1) is 0 Å². The largest absolute Gasteiger partial charge is 0.375 e. The van der Waals surface area contributed by atoms with E-state index in [0.717, 1.165) is 10.6 Å². The van der Waals surface area contributed by atoms with Crippen LogP contribution in [-0.2, 0) is 11.3 Å². The highest BCUT2D eigenvalue weighted by molar-refractivity contribution is 7.15. The summed E-state index contributed by atoms with van der Waals surface area (Å²) in [7, 11) is 0. The van der Waals surface area contributed by atoms with Gasteiger partial charge in [0.15, 0.2) is 5.13 Å². The molecule has 13 heavy (non-hydrogen) atoms. The molecule has 0 aromatic carbocycles. The molecule has 0 aliphatic rings. The predicted octanol–water partition coefficient (Wildman–Crippen LogP) is 2.35. The molecule has 0 spiro atoms. The lowest BCUT2D eigenvalue weighted by atomic mass is 10.2. The molecule has 0 saturated carbocycles. The van der Waals surface area contributed by atoms with Gasteiger partial charge in [0.2, 0.25) is 0 Å². The molecule has 0 bridgehead atoms. The Bertz CT molecular complexity index is 288. The molecule has 0 unspecified atom stereocenters. The maximum absolute atomic E-state index is 5.62. The second-order valence-corrected chi connectivity index (χ2v) is 5.08. The first kappa shape index (κ1) is 10.5. The highest BCUT2D eigenvalue weighted by atomic mass is 32.1. The van der Waals surface area contributed by atoms with Crippen molar-refractivity contribution in [3.63, 3.8) is 0 Å². The van der Waals surface area contributed by atoms with E-state index < -0.39 is 0 Å². The van der Waals surface area contributed by atoms with Gasteiger partial charge >= 0.3 is 0 Å². The molecule has 1 aromatic heterocycles. The molecule has 3 nitrogen and oxygen atoms in total. The fourth-order valence-corrected chi connectivity index (χ4v) is 1.61. The van der Waals surface area contributed by atoms with Gasteiger partial charge in [0.25, 0.3) is 0 Å². The van der Waals surface area contributed by atoms with Crippen molar-refractivity contribution in [3.05, 3.63) is 10.6 Å². The number of hydrogen-bond donors (Lipinski definition) is 1. The van der Waals surface area contributed by atoms with E-state index in [1.165, 1.54) is 11.3 Å². The van der Waals surface area contributed by atoms with E-state index in [1.807, 2.05) is 27.7 Å². The zero-order chi connectivity index (χ0) is 10.1. The van der Waals surface area contributed by atoms with Gasteiger partial charge in [-0.2, -0.15) is 0 Å². The fraction of sp³-hybridized carbons (Fsp3) is 0.667. The van der Waals surface area contributed by atoms with Crippen molar-refractivity contribution in [2.75, 3.05) is 5.73 Å². The average Bonchev–Trinajstić information content (AvgIpc) is 2.24. The second kappa shape index (κ2) is 3.64. The quantitative estimate of drug-likeness (QED) is 0.797.